The average Bonchev–Trinajstić information content (AvgIpc) is 2.93. The van der Waals surface area contributed by atoms with E-state index < -0.39 is 23.2 Å². The number of rotatable bonds is 4. The van der Waals surface area contributed by atoms with Gasteiger partial charge in [-0.15, -0.1) is 0 Å². The van der Waals surface area contributed by atoms with E-state index >= 15 is 0 Å². The maximum absolute atomic E-state index is 13.3. The third-order valence-corrected chi connectivity index (χ3v) is 5.73. The number of ether oxygens (including phenoxy) is 2. The number of benzene rings is 1. The topological polar surface area (TPSA) is 88.1 Å². The van der Waals surface area contributed by atoms with Gasteiger partial charge >= 0.3 is 0 Å². The van der Waals surface area contributed by atoms with Crippen LogP contribution in [0.2, 0.25) is 0 Å². The third-order valence-electron chi connectivity index (χ3n) is 5.73. The Morgan fingerprint density at radius 2 is 1.81 bits per heavy atom. The van der Waals surface area contributed by atoms with Gasteiger partial charge in [0.1, 0.15) is 6.04 Å². The van der Waals surface area contributed by atoms with E-state index in [4.69, 9.17) is 9.47 Å². The van der Waals surface area contributed by atoms with Crippen LogP contribution in [-0.2, 0) is 24.5 Å². The first-order valence-corrected chi connectivity index (χ1v) is 9.28. The lowest BCUT2D eigenvalue weighted by atomic mass is 9.80. The molecule has 1 aromatic rings. The first-order chi connectivity index (χ1) is 12.7. The standard InChI is InChI=1S/C20H28N2O5/c1-13-5-7-15(8-6-13)20(4)9-10-22(18(20)24)16(17(23)21-25)14-11-26-19(2,3)27-12-14/h5-8,14,16,25H,9-12H2,1-4H3,(H,21,23)/t16-,20?/m1/s1. The number of amides is 2. The molecule has 1 aromatic carbocycles. The molecule has 0 bridgehead atoms. The predicted molar refractivity (Wildman–Crippen MR) is 98.1 cm³/mol. The number of nitrogens with zero attached hydrogens (tertiary/aromatic N) is 1. The molecule has 7 nitrogen and oxygen atoms in total. The number of likely N-dealkylation sites (tertiary alicyclic amines) is 1. The van der Waals surface area contributed by atoms with Crippen LogP contribution in [0.5, 0.6) is 0 Å². The molecule has 2 heterocycles. The van der Waals surface area contributed by atoms with Crippen LogP contribution in [0.1, 0.15) is 38.3 Å². The van der Waals surface area contributed by atoms with E-state index in [2.05, 4.69) is 0 Å². The Morgan fingerprint density at radius 1 is 1.22 bits per heavy atom. The van der Waals surface area contributed by atoms with Gasteiger partial charge in [-0.05, 0) is 39.7 Å². The van der Waals surface area contributed by atoms with Crippen molar-refractivity contribution >= 4 is 11.8 Å². The number of hydrogen-bond acceptors (Lipinski definition) is 5. The summed E-state index contributed by atoms with van der Waals surface area (Å²) in [6.45, 7) is 8.50. The highest BCUT2D eigenvalue weighted by Crippen LogP contribution is 2.38. The molecule has 7 heteroatoms. The highest BCUT2D eigenvalue weighted by atomic mass is 16.7. The van der Waals surface area contributed by atoms with E-state index in [0.717, 1.165) is 11.1 Å². The lowest BCUT2D eigenvalue weighted by molar-refractivity contribution is -0.267. The molecule has 2 fully saturated rings. The normalized spacial score (nSPS) is 26.9. The minimum Gasteiger partial charge on any atom is -0.350 e. The van der Waals surface area contributed by atoms with Gasteiger partial charge in [0.25, 0.3) is 5.91 Å². The number of aryl methyl sites for hydroxylation is 1. The summed E-state index contributed by atoms with van der Waals surface area (Å²) >= 11 is 0. The molecule has 0 aromatic heterocycles. The highest BCUT2D eigenvalue weighted by molar-refractivity contribution is 5.94. The van der Waals surface area contributed by atoms with E-state index in [9.17, 15) is 14.8 Å². The largest absolute Gasteiger partial charge is 0.350 e. The number of carbonyl (C=O) groups excluding carboxylic acids is 2. The summed E-state index contributed by atoms with van der Waals surface area (Å²) in [4.78, 5) is 27.3. The van der Waals surface area contributed by atoms with Gasteiger partial charge in [0.05, 0.1) is 18.6 Å². The monoisotopic (exact) mass is 376 g/mol. The molecule has 2 atom stereocenters. The van der Waals surface area contributed by atoms with Crippen molar-refractivity contribution in [3.63, 3.8) is 0 Å². The molecule has 148 valence electrons. The molecule has 2 aliphatic heterocycles. The van der Waals surface area contributed by atoms with Crippen LogP contribution in [0.3, 0.4) is 0 Å². The van der Waals surface area contributed by atoms with Crippen molar-refractivity contribution in [2.45, 2.75) is 51.4 Å². The number of nitrogens with one attached hydrogen (secondary N) is 1. The minimum atomic E-state index is -0.842. The van der Waals surface area contributed by atoms with Crippen molar-refractivity contribution in [2.24, 2.45) is 5.92 Å². The van der Waals surface area contributed by atoms with Gasteiger partial charge in [-0.25, -0.2) is 5.48 Å². The van der Waals surface area contributed by atoms with Crippen molar-refractivity contribution < 1.29 is 24.3 Å². The Bertz CT molecular complexity index is 708. The zero-order chi connectivity index (χ0) is 19.8. The summed E-state index contributed by atoms with van der Waals surface area (Å²) in [5.41, 5.74) is 3.07. The molecule has 2 N–H and O–H groups in total. The molecular formula is C20H28N2O5. The Kier molecular flexibility index (Phi) is 5.29. The van der Waals surface area contributed by atoms with Crippen LogP contribution in [0.25, 0.3) is 0 Å². The minimum absolute atomic E-state index is 0.121. The van der Waals surface area contributed by atoms with Gasteiger partial charge in [-0.3, -0.25) is 14.8 Å². The highest BCUT2D eigenvalue weighted by Gasteiger charge is 2.50. The van der Waals surface area contributed by atoms with Crippen molar-refractivity contribution in [2.75, 3.05) is 19.8 Å². The fourth-order valence-electron chi connectivity index (χ4n) is 3.89. The van der Waals surface area contributed by atoms with Crippen molar-refractivity contribution in [1.29, 1.82) is 0 Å². The van der Waals surface area contributed by atoms with Crippen molar-refractivity contribution in [1.82, 2.24) is 10.4 Å². The van der Waals surface area contributed by atoms with Crippen LogP contribution in [0.15, 0.2) is 24.3 Å². The average molecular weight is 376 g/mol. The first kappa shape index (κ1) is 19.8. The Morgan fingerprint density at radius 3 is 2.37 bits per heavy atom. The zero-order valence-electron chi connectivity index (χ0n) is 16.3. The molecule has 3 rings (SSSR count). The van der Waals surface area contributed by atoms with E-state index in [1.165, 1.54) is 0 Å². The lowest BCUT2D eigenvalue weighted by Crippen LogP contribution is -2.57. The summed E-state index contributed by atoms with van der Waals surface area (Å²) in [5, 5.41) is 9.24. The SMILES string of the molecule is Cc1ccc(C2(C)CCN([C@@H](C(=O)NO)C3COC(C)(C)OC3)C2=O)cc1. The molecule has 2 saturated heterocycles. The van der Waals surface area contributed by atoms with Gasteiger partial charge in [0.2, 0.25) is 5.91 Å². The van der Waals surface area contributed by atoms with Crippen molar-refractivity contribution in [3.8, 4) is 0 Å². The second kappa shape index (κ2) is 7.22. The van der Waals surface area contributed by atoms with Crippen molar-refractivity contribution in [3.05, 3.63) is 35.4 Å². The van der Waals surface area contributed by atoms with E-state index in [1.54, 1.807) is 24.2 Å². The van der Waals surface area contributed by atoms with Gasteiger partial charge in [0, 0.05) is 12.5 Å². The second-order valence-electron chi connectivity index (χ2n) is 8.15. The molecule has 0 spiro atoms. The number of carbonyl (C=O) groups is 2. The van der Waals surface area contributed by atoms with Gasteiger partial charge in [-0.1, -0.05) is 29.8 Å². The predicted octanol–water partition coefficient (Wildman–Crippen LogP) is 1.76. The van der Waals surface area contributed by atoms with Crippen LogP contribution < -0.4 is 5.48 Å². The van der Waals surface area contributed by atoms with Gasteiger partial charge < -0.3 is 14.4 Å². The maximum atomic E-state index is 13.3. The molecular weight excluding hydrogens is 348 g/mol. The summed E-state index contributed by atoms with van der Waals surface area (Å²) in [6.07, 6.45) is 0.601. The number of hydroxylamine groups is 1. The smallest absolute Gasteiger partial charge is 0.266 e. The summed E-state index contributed by atoms with van der Waals surface area (Å²) in [7, 11) is 0. The first-order valence-electron chi connectivity index (χ1n) is 9.28. The quantitative estimate of drug-likeness (QED) is 0.618. The Hall–Kier alpha value is -1.96. The van der Waals surface area contributed by atoms with E-state index in [1.807, 2.05) is 38.1 Å². The summed E-state index contributed by atoms with van der Waals surface area (Å²) in [5.74, 6) is -1.81. The molecule has 1 unspecified atom stereocenters. The second-order valence-corrected chi connectivity index (χ2v) is 8.15. The lowest BCUT2D eigenvalue weighted by Gasteiger charge is -2.40. The maximum Gasteiger partial charge on any atom is 0.266 e. The zero-order valence-corrected chi connectivity index (χ0v) is 16.3. The molecule has 0 radical (unpaired) electrons. The molecule has 2 amide bonds. The Labute approximate surface area is 159 Å². The fourth-order valence-corrected chi connectivity index (χ4v) is 3.89. The van der Waals surface area contributed by atoms with Crippen LogP contribution >= 0.6 is 0 Å². The molecule has 0 saturated carbocycles. The number of hydrogen-bond donors (Lipinski definition) is 2. The third kappa shape index (κ3) is 3.72. The molecule has 2 aliphatic rings. The molecule has 0 aliphatic carbocycles. The van der Waals surface area contributed by atoms with Gasteiger partial charge in [-0.2, -0.15) is 0 Å². The fraction of sp³-hybridized carbons (Fsp3) is 0.600. The molecule has 27 heavy (non-hydrogen) atoms. The van der Waals surface area contributed by atoms with Crippen LogP contribution in [-0.4, -0.2) is 53.5 Å². The summed E-state index contributed by atoms with van der Waals surface area (Å²) < 4.78 is 11.4. The van der Waals surface area contributed by atoms with E-state index in [0.29, 0.717) is 13.0 Å². The Balaban J connectivity index is 1.85. The summed E-state index contributed by atoms with van der Waals surface area (Å²) in [6, 6.07) is 7.06. The van der Waals surface area contributed by atoms with Crippen LogP contribution in [0.4, 0.5) is 0 Å². The van der Waals surface area contributed by atoms with Crippen LogP contribution in [0, 0.1) is 12.8 Å². The van der Waals surface area contributed by atoms with Gasteiger partial charge in [0.15, 0.2) is 5.79 Å². The van der Waals surface area contributed by atoms with E-state index in [-0.39, 0.29) is 25.0 Å².